The minimum Gasteiger partial charge on any atom is -0.496 e. The highest BCUT2D eigenvalue weighted by Crippen LogP contribution is 2.31. The molecule has 2 amide bonds. The number of rotatable bonds is 5. The molecule has 2 N–H and O–H groups in total. The van der Waals surface area contributed by atoms with E-state index in [9.17, 15) is 4.79 Å². The van der Waals surface area contributed by atoms with Crippen molar-refractivity contribution in [1.82, 2.24) is 4.90 Å². The molecule has 0 saturated carbocycles. The van der Waals surface area contributed by atoms with Crippen LogP contribution in [0.15, 0.2) is 12.1 Å². The van der Waals surface area contributed by atoms with E-state index in [1.165, 1.54) is 4.90 Å². The van der Waals surface area contributed by atoms with Crippen molar-refractivity contribution in [2.75, 3.05) is 27.8 Å². The number of nitrogens with two attached hydrogens (primary N) is 1. The van der Waals surface area contributed by atoms with Gasteiger partial charge in [0.25, 0.3) is 0 Å². The van der Waals surface area contributed by atoms with E-state index in [1.807, 2.05) is 19.1 Å². The van der Waals surface area contributed by atoms with Gasteiger partial charge in [0.15, 0.2) is 0 Å². The fourth-order valence-corrected chi connectivity index (χ4v) is 1.83. The second-order valence-electron chi connectivity index (χ2n) is 4.09. The van der Waals surface area contributed by atoms with Gasteiger partial charge in [0.05, 0.1) is 14.2 Å². The van der Waals surface area contributed by atoms with Crippen molar-refractivity contribution in [2.24, 2.45) is 5.73 Å². The van der Waals surface area contributed by atoms with Crippen LogP contribution in [0, 0.1) is 6.92 Å². The fourth-order valence-electron chi connectivity index (χ4n) is 1.83. The Labute approximate surface area is 107 Å². The van der Waals surface area contributed by atoms with Crippen LogP contribution in [0.5, 0.6) is 11.5 Å². The number of hydrogen-bond donors (Lipinski definition) is 1. The summed E-state index contributed by atoms with van der Waals surface area (Å²) in [5.41, 5.74) is 7.17. The minimum absolute atomic E-state index is 0.431. The average molecular weight is 252 g/mol. The first-order valence-corrected chi connectivity index (χ1v) is 5.72. The summed E-state index contributed by atoms with van der Waals surface area (Å²) in [4.78, 5) is 12.4. The van der Waals surface area contributed by atoms with Crippen molar-refractivity contribution in [3.63, 3.8) is 0 Å². The standard InChI is InChI=1S/C13H20N2O3/c1-9-11(17-3)6-5-10(12(9)18-4)7-8-15(2)13(14)16/h5-6H,7-8H2,1-4H3,(H2,14,16). The SMILES string of the molecule is COc1ccc(CCN(C)C(N)=O)c(OC)c1C. The van der Waals surface area contributed by atoms with Crippen LogP contribution in [0.25, 0.3) is 0 Å². The number of ether oxygens (including phenoxy) is 2. The van der Waals surface area contributed by atoms with Crippen LogP contribution in [0.2, 0.25) is 0 Å². The zero-order valence-electron chi connectivity index (χ0n) is 11.3. The molecule has 0 heterocycles. The summed E-state index contributed by atoms with van der Waals surface area (Å²) in [6.45, 7) is 2.50. The van der Waals surface area contributed by atoms with Gasteiger partial charge in [-0.25, -0.2) is 4.79 Å². The molecule has 1 aromatic rings. The molecule has 0 aliphatic heterocycles. The fraction of sp³-hybridized carbons (Fsp3) is 0.462. The number of methoxy groups -OCH3 is 2. The van der Waals surface area contributed by atoms with E-state index >= 15 is 0 Å². The van der Waals surface area contributed by atoms with Crippen LogP contribution >= 0.6 is 0 Å². The highest BCUT2D eigenvalue weighted by molar-refractivity contribution is 5.71. The van der Waals surface area contributed by atoms with Gasteiger partial charge >= 0.3 is 6.03 Å². The minimum atomic E-state index is -0.431. The molecule has 0 saturated heterocycles. The topological polar surface area (TPSA) is 64.8 Å². The van der Waals surface area contributed by atoms with Gasteiger partial charge in [-0.05, 0) is 25.0 Å². The van der Waals surface area contributed by atoms with Crippen LogP contribution in [-0.4, -0.2) is 38.7 Å². The van der Waals surface area contributed by atoms with E-state index in [4.69, 9.17) is 15.2 Å². The molecule has 0 bridgehead atoms. The third kappa shape index (κ3) is 3.06. The Kier molecular flexibility index (Phi) is 4.83. The van der Waals surface area contributed by atoms with Crippen LogP contribution in [0.3, 0.4) is 0 Å². The Morgan fingerprint density at radius 2 is 2.00 bits per heavy atom. The van der Waals surface area contributed by atoms with Crippen LogP contribution in [0.4, 0.5) is 4.79 Å². The molecule has 0 radical (unpaired) electrons. The average Bonchev–Trinajstić information content (AvgIpc) is 2.35. The number of primary amides is 1. The van der Waals surface area contributed by atoms with E-state index in [0.717, 1.165) is 22.6 Å². The molecule has 0 aliphatic rings. The Hall–Kier alpha value is -1.91. The smallest absolute Gasteiger partial charge is 0.314 e. The number of hydrogen-bond acceptors (Lipinski definition) is 3. The van der Waals surface area contributed by atoms with Crippen LogP contribution < -0.4 is 15.2 Å². The van der Waals surface area contributed by atoms with Gasteiger partial charge in [0.2, 0.25) is 0 Å². The molecule has 18 heavy (non-hydrogen) atoms. The maximum Gasteiger partial charge on any atom is 0.314 e. The summed E-state index contributed by atoms with van der Waals surface area (Å²) in [6.07, 6.45) is 0.688. The molecule has 0 atom stereocenters. The van der Waals surface area contributed by atoms with Gasteiger partial charge in [-0.1, -0.05) is 6.07 Å². The summed E-state index contributed by atoms with van der Waals surface area (Å²) in [6, 6.07) is 3.41. The zero-order chi connectivity index (χ0) is 13.7. The lowest BCUT2D eigenvalue weighted by molar-refractivity contribution is 0.219. The molecule has 0 unspecified atom stereocenters. The van der Waals surface area contributed by atoms with Crippen LogP contribution in [-0.2, 0) is 6.42 Å². The Bertz CT molecular complexity index is 432. The van der Waals surface area contributed by atoms with E-state index in [2.05, 4.69) is 0 Å². The molecule has 100 valence electrons. The van der Waals surface area contributed by atoms with E-state index in [1.54, 1.807) is 21.3 Å². The Morgan fingerprint density at radius 1 is 1.33 bits per heavy atom. The second-order valence-corrected chi connectivity index (χ2v) is 4.09. The highest BCUT2D eigenvalue weighted by atomic mass is 16.5. The van der Waals surface area contributed by atoms with Gasteiger partial charge in [-0.3, -0.25) is 0 Å². The third-order valence-corrected chi connectivity index (χ3v) is 2.95. The summed E-state index contributed by atoms with van der Waals surface area (Å²) in [7, 11) is 4.93. The summed E-state index contributed by atoms with van der Waals surface area (Å²) in [5, 5.41) is 0. The number of carbonyl (C=O) groups is 1. The number of carbonyl (C=O) groups excluding carboxylic acids is 1. The van der Waals surface area contributed by atoms with Gasteiger partial charge in [0.1, 0.15) is 11.5 Å². The molecular formula is C13H20N2O3. The van der Waals surface area contributed by atoms with E-state index in [-0.39, 0.29) is 0 Å². The number of benzene rings is 1. The maximum absolute atomic E-state index is 10.9. The van der Waals surface area contributed by atoms with Crippen molar-refractivity contribution < 1.29 is 14.3 Å². The van der Waals surface area contributed by atoms with Gasteiger partial charge in [-0.2, -0.15) is 0 Å². The summed E-state index contributed by atoms with van der Waals surface area (Å²) in [5.74, 6) is 1.59. The Balaban J connectivity index is 2.89. The first-order valence-electron chi connectivity index (χ1n) is 5.72. The van der Waals surface area contributed by atoms with Gasteiger partial charge in [0, 0.05) is 19.2 Å². The quantitative estimate of drug-likeness (QED) is 0.865. The van der Waals surface area contributed by atoms with Gasteiger partial charge in [-0.15, -0.1) is 0 Å². The molecule has 0 spiro atoms. The van der Waals surface area contributed by atoms with E-state index < -0.39 is 6.03 Å². The molecule has 1 rings (SSSR count). The first-order chi connectivity index (χ1) is 8.51. The van der Waals surface area contributed by atoms with Crippen molar-refractivity contribution in [2.45, 2.75) is 13.3 Å². The summed E-state index contributed by atoms with van der Waals surface area (Å²) >= 11 is 0. The van der Waals surface area contributed by atoms with Crippen molar-refractivity contribution >= 4 is 6.03 Å². The lowest BCUT2D eigenvalue weighted by atomic mass is 10.1. The molecule has 0 aromatic heterocycles. The monoisotopic (exact) mass is 252 g/mol. The molecule has 5 nitrogen and oxygen atoms in total. The van der Waals surface area contributed by atoms with Gasteiger partial charge < -0.3 is 20.1 Å². The van der Waals surface area contributed by atoms with Crippen LogP contribution in [0.1, 0.15) is 11.1 Å². The lowest BCUT2D eigenvalue weighted by Gasteiger charge is -2.17. The lowest BCUT2D eigenvalue weighted by Crippen LogP contribution is -2.33. The van der Waals surface area contributed by atoms with E-state index in [0.29, 0.717) is 13.0 Å². The normalized spacial score (nSPS) is 10.0. The first kappa shape index (κ1) is 14.2. The second kappa shape index (κ2) is 6.14. The largest absolute Gasteiger partial charge is 0.496 e. The Morgan fingerprint density at radius 3 is 2.50 bits per heavy atom. The maximum atomic E-state index is 10.9. The summed E-state index contributed by atoms with van der Waals surface area (Å²) < 4.78 is 10.6. The highest BCUT2D eigenvalue weighted by Gasteiger charge is 2.12. The third-order valence-electron chi connectivity index (χ3n) is 2.95. The predicted octanol–water partition coefficient (Wildman–Crippen LogP) is 1.57. The van der Waals surface area contributed by atoms with Crippen molar-refractivity contribution in [3.05, 3.63) is 23.3 Å². The predicted molar refractivity (Wildman–Crippen MR) is 70.2 cm³/mol. The van der Waals surface area contributed by atoms with Crippen molar-refractivity contribution in [3.8, 4) is 11.5 Å². The molecular weight excluding hydrogens is 232 g/mol. The number of urea groups is 1. The molecule has 0 fully saturated rings. The molecule has 0 aliphatic carbocycles. The number of nitrogens with zero attached hydrogens (tertiary/aromatic N) is 1. The van der Waals surface area contributed by atoms with Crippen molar-refractivity contribution in [1.29, 1.82) is 0 Å². The zero-order valence-corrected chi connectivity index (χ0v) is 11.3. The number of likely N-dealkylation sites (N-methyl/N-ethyl adjacent to an activating group) is 1. The molecule has 1 aromatic carbocycles. The molecule has 5 heteroatoms. The number of amides is 2.